The molecule has 102 valence electrons. The van der Waals surface area contributed by atoms with Crippen LogP contribution in [-0.4, -0.2) is 26.0 Å². The highest BCUT2D eigenvalue weighted by Crippen LogP contribution is 2.24. The van der Waals surface area contributed by atoms with Crippen molar-refractivity contribution in [2.45, 2.75) is 44.2 Å². The highest BCUT2D eigenvalue weighted by molar-refractivity contribution is 7.92. The van der Waals surface area contributed by atoms with Crippen LogP contribution in [0.5, 0.6) is 0 Å². The number of nitrogens with one attached hydrogen (secondary N) is 1. The number of sulfone groups is 1. The molecule has 18 heavy (non-hydrogen) atoms. The van der Waals surface area contributed by atoms with Gasteiger partial charge in [0.2, 0.25) is 0 Å². The smallest absolute Gasteiger partial charge is 0.157 e. The number of aryl methyl sites for hydroxylation is 1. The van der Waals surface area contributed by atoms with Crippen LogP contribution in [0.25, 0.3) is 0 Å². The van der Waals surface area contributed by atoms with E-state index in [9.17, 15) is 8.42 Å². The molecule has 1 N–H and O–H groups in total. The standard InChI is InChI=1S/C14H23NO2S/c1-10(2)18(16,17)12(4)14(15-5)13-8-6-11(3)7-9-13/h6-10,12,14-15H,1-5H3. The molecular formula is C14H23NO2S. The summed E-state index contributed by atoms with van der Waals surface area (Å²) in [6.45, 7) is 7.25. The Morgan fingerprint density at radius 1 is 1.06 bits per heavy atom. The van der Waals surface area contributed by atoms with Gasteiger partial charge in [0.05, 0.1) is 10.5 Å². The van der Waals surface area contributed by atoms with E-state index < -0.39 is 15.1 Å². The molecule has 2 unspecified atom stereocenters. The molecule has 0 radical (unpaired) electrons. The lowest BCUT2D eigenvalue weighted by Crippen LogP contribution is -2.37. The quantitative estimate of drug-likeness (QED) is 0.893. The molecule has 0 saturated heterocycles. The van der Waals surface area contributed by atoms with Crippen LogP contribution in [0.2, 0.25) is 0 Å². The lowest BCUT2D eigenvalue weighted by atomic mass is 10.0. The van der Waals surface area contributed by atoms with Crippen molar-refractivity contribution in [2.75, 3.05) is 7.05 Å². The fraction of sp³-hybridized carbons (Fsp3) is 0.571. The lowest BCUT2D eigenvalue weighted by molar-refractivity contribution is 0.524. The van der Waals surface area contributed by atoms with Gasteiger partial charge in [-0.1, -0.05) is 29.8 Å². The van der Waals surface area contributed by atoms with Crippen molar-refractivity contribution in [3.05, 3.63) is 35.4 Å². The molecule has 0 aliphatic rings. The van der Waals surface area contributed by atoms with Crippen LogP contribution < -0.4 is 5.32 Å². The molecule has 2 atom stereocenters. The molecule has 1 aromatic rings. The normalized spacial score (nSPS) is 15.7. The number of rotatable bonds is 5. The first-order chi connectivity index (χ1) is 8.30. The van der Waals surface area contributed by atoms with Crippen LogP contribution in [0.15, 0.2) is 24.3 Å². The minimum absolute atomic E-state index is 0.169. The Morgan fingerprint density at radius 2 is 1.56 bits per heavy atom. The van der Waals surface area contributed by atoms with Gasteiger partial charge in [0, 0.05) is 6.04 Å². The van der Waals surface area contributed by atoms with Crippen LogP contribution in [0, 0.1) is 6.92 Å². The summed E-state index contributed by atoms with van der Waals surface area (Å²) >= 11 is 0. The summed E-state index contributed by atoms with van der Waals surface area (Å²) in [4.78, 5) is 0. The zero-order chi connectivity index (χ0) is 13.9. The minimum Gasteiger partial charge on any atom is -0.312 e. The molecule has 0 aliphatic heterocycles. The van der Waals surface area contributed by atoms with Crippen LogP contribution >= 0.6 is 0 Å². The predicted octanol–water partition coefficient (Wildman–Crippen LogP) is 2.47. The third-order valence-electron chi connectivity index (χ3n) is 3.39. The van der Waals surface area contributed by atoms with E-state index in [1.807, 2.05) is 31.2 Å². The summed E-state index contributed by atoms with van der Waals surface area (Å²) in [6.07, 6.45) is 0. The van der Waals surface area contributed by atoms with Gasteiger partial charge in [-0.15, -0.1) is 0 Å². The van der Waals surface area contributed by atoms with Crippen molar-refractivity contribution < 1.29 is 8.42 Å². The maximum absolute atomic E-state index is 12.2. The van der Waals surface area contributed by atoms with E-state index >= 15 is 0 Å². The summed E-state index contributed by atoms with van der Waals surface area (Å²) in [5, 5.41) is 2.33. The largest absolute Gasteiger partial charge is 0.312 e. The molecule has 0 aromatic heterocycles. The van der Waals surface area contributed by atoms with Gasteiger partial charge in [-0.05, 0) is 40.3 Å². The Kier molecular flexibility index (Phi) is 4.93. The fourth-order valence-corrected chi connectivity index (χ4v) is 3.60. The highest BCUT2D eigenvalue weighted by Gasteiger charge is 2.31. The van der Waals surface area contributed by atoms with Gasteiger partial charge < -0.3 is 5.32 Å². The van der Waals surface area contributed by atoms with Crippen molar-refractivity contribution in [2.24, 2.45) is 0 Å². The molecular weight excluding hydrogens is 246 g/mol. The maximum atomic E-state index is 12.2. The topological polar surface area (TPSA) is 46.2 Å². The average molecular weight is 269 g/mol. The van der Waals surface area contributed by atoms with E-state index in [4.69, 9.17) is 0 Å². The van der Waals surface area contributed by atoms with Crippen molar-refractivity contribution in [3.63, 3.8) is 0 Å². The van der Waals surface area contributed by atoms with E-state index in [1.165, 1.54) is 5.56 Å². The number of benzene rings is 1. The third kappa shape index (κ3) is 3.12. The summed E-state index contributed by atoms with van der Waals surface area (Å²) < 4.78 is 24.5. The minimum atomic E-state index is -3.11. The van der Waals surface area contributed by atoms with E-state index in [0.29, 0.717) is 0 Å². The first kappa shape index (κ1) is 15.2. The van der Waals surface area contributed by atoms with Gasteiger partial charge in [0.15, 0.2) is 9.84 Å². The molecule has 0 bridgehead atoms. The Hall–Kier alpha value is -0.870. The zero-order valence-electron chi connectivity index (χ0n) is 11.8. The Bertz CT molecular complexity index is 477. The molecule has 0 fully saturated rings. The second-order valence-electron chi connectivity index (χ2n) is 5.02. The second-order valence-corrected chi connectivity index (χ2v) is 7.88. The molecule has 1 rings (SSSR count). The van der Waals surface area contributed by atoms with Crippen molar-refractivity contribution in [1.82, 2.24) is 5.32 Å². The van der Waals surface area contributed by atoms with Crippen molar-refractivity contribution in [1.29, 1.82) is 0 Å². The molecule has 4 heteroatoms. The van der Waals surface area contributed by atoms with Crippen molar-refractivity contribution >= 4 is 9.84 Å². The summed E-state index contributed by atoms with van der Waals surface area (Å²) in [7, 11) is -1.31. The number of hydrogen-bond donors (Lipinski definition) is 1. The average Bonchev–Trinajstić information content (AvgIpc) is 2.32. The first-order valence-electron chi connectivity index (χ1n) is 6.27. The zero-order valence-corrected chi connectivity index (χ0v) is 12.6. The van der Waals surface area contributed by atoms with Gasteiger partial charge in [-0.2, -0.15) is 0 Å². The van der Waals surface area contributed by atoms with E-state index in [1.54, 1.807) is 27.8 Å². The van der Waals surface area contributed by atoms with Gasteiger partial charge in [-0.25, -0.2) is 8.42 Å². The molecule has 0 saturated carbocycles. The van der Waals surface area contributed by atoms with E-state index in [2.05, 4.69) is 5.32 Å². The lowest BCUT2D eigenvalue weighted by Gasteiger charge is -2.25. The SMILES string of the molecule is CNC(c1ccc(C)cc1)C(C)S(=O)(=O)C(C)C. The van der Waals surface area contributed by atoms with Crippen molar-refractivity contribution in [3.8, 4) is 0 Å². The van der Waals surface area contributed by atoms with Gasteiger partial charge in [0.1, 0.15) is 0 Å². The van der Waals surface area contributed by atoms with Gasteiger partial charge in [-0.3, -0.25) is 0 Å². The third-order valence-corrected chi connectivity index (χ3v) is 6.01. The summed E-state index contributed by atoms with van der Waals surface area (Å²) in [5.41, 5.74) is 2.19. The van der Waals surface area contributed by atoms with Crippen LogP contribution in [-0.2, 0) is 9.84 Å². The molecule has 3 nitrogen and oxygen atoms in total. The Balaban J connectivity index is 3.08. The van der Waals surface area contributed by atoms with E-state index in [-0.39, 0.29) is 11.3 Å². The first-order valence-corrected chi connectivity index (χ1v) is 7.88. The van der Waals surface area contributed by atoms with Crippen LogP contribution in [0.1, 0.15) is 37.9 Å². The molecule has 0 spiro atoms. The molecule has 0 amide bonds. The van der Waals surface area contributed by atoms with Crippen LogP contribution in [0.3, 0.4) is 0 Å². The monoisotopic (exact) mass is 269 g/mol. The Labute approximate surface area is 111 Å². The van der Waals surface area contributed by atoms with Gasteiger partial charge in [0.25, 0.3) is 0 Å². The molecule has 1 aromatic carbocycles. The second kappa shape index (κ2) is 5.85. The van der Waals surface area contributed by atoms with Gasteiger partial charge >= 0.3 is 0 Å². The highest BCUT2D eigenvalue weighted by atomic mass is 32.2. The molecule has 0 heterocycles. The van der Waals surface area contributed by atoms with E-state index in [0.717, 1.165) is 5.56 Å². The van der Waals surface area contributed by atoms with Crippen LogP contribution in [0.4, 0.5) is 0 Å². The number of hydrogen-bond acceptors (Lipinski definition) is 3. The summed E-state index contributed by atoms with van der Waals surface area (Å²) in [5.74, 6) is 0. The predicted molar refractivity (Wildman–Crippen MR) is 76.5 cm³/mol. The fourth-order valence-electron chi connectivity index (χ4n) is 2.07. The molecule has 0 aliphatic carbocycles. The Morgan fingerprint density at radius 3 is 1.94 bits per heavy atom. The maximum Gasteiger partial charge on any atom is 0.157 e. The summed E-state index contributed by atoms with van der Waals surface area (Å²) in [6, 6.07) is 7.83.